The molecule has 1 aliphatic rings. The molecule has 1 atom stereocenters. The molecule has 0 bridgehead atoms. The summed E-state index contributed by atoms with van der Waals surface area (Å²) in [6.45, 7) is 4.07. The number of nitrogens with zero attached hydrogens (tertiary/aromatic N) is 2. The number of hydrogen-bond donors (Lipinski definition) is 1. The Morgan fingerprint density at radius 1 is 1.69 bits per heavy atom. The second kappa shape index (κ2) is 4.49. The topological polar surface area (TPSA) is 68.4 Å². The number of nitrogens with two attached hydrogens (primary N) is 1. The van der Waals surface area contributed by atoms with E-state index in [1.807, 2.05) is 6.92 Å². The number of carbonyl (C=O) groups excluding carboxylic acids is 1. The van der Waals surface area contributed by atoms with Crippen LogP contribution in [0.4, 0.5) is 5.82 Å². The first-order valence-electron chi connectivity index (χ1n) is 5.29. The predicted molar refractivity (Wildman–Crippen MR) is 60.4 cm³/mol. The van der Waals surface area contributed by atoms with Gasteiger partial charge in [-0.25, -0.2) is 4.98 Å². The predicted octanol–water partition coefficient (Wildman–Crippen LogP) is 0.406. The van der Waals surface area contributed by atoms with Crippen molar-refractivity contribution in [2.45, 2.75) is 13.0 Å². The Morgan fingerprint density at radius 3 is 3.19 bits per heavy atom. The van der Waals surface area contributed by atoms with E-state index in [-0.39, 0.29) is 6.04 Å². The van der Waals surface area contributed by atoms with E-state index in [1.165, 1.54) is 0 Å². The minimum atomic E-state index is -0.443. The van der Waals surface area contributed by atoms with E-state index in [4.69, 9.17) is 10.5 Å². The summed E-state index contributed by atoms with van der Waals surface area (Å²) in [6.07, 6.45) is 1.67. The van der Waals surface area contributed by atoms with Gasteiger partial charge in [0, 0.05) is 12.7 Å². The van der Waals surface area contributed by atoms with E-state index >= 15 is 0 Å². The van der Waals surface area contributed by atoms with Crippen LogP contribution >= 0.6 is 0 Å². The Labute approximate surface area is 94.2 Å². The van der Waals surface area contributed by atoms with Crippen LogP contribution in [-0.4, -0.2) is 36.7 Å². The summed E-state index contributed by atoms with van der Waals surface area (Å²) in [6, 6.07) is 3.63. The van der Waals surface area contributed by atoms with Gasteiger partial charge in [-0.05, 0) is 19.1 Å². The van der Waals surface area contributed by atoms with Gasteiger partial charge in [0.1, 0.15) is 5.82 Å². The molecule has 1 aliphatic heterocycles. The Bertz CT molecular complexity index is 395. The fourth-order valence-electron chi connectivity index (χ4n) is 1.86. The second-order valence-electron chi connectivity index (χ2n) is 3.86. The maximum Gasteiger partial charge on any atom is 0.252 e. The monoisotopic (exact) mass is 221 g/mol. The molecule has 2 rings (SSSR count). The molecule has 1 aromatic heterocycles. The molecule has 0 radical (unpaired) electrons. The van der Waals surface area contributed by atoms with Gasteiger partial charge in [-0.15, -0.1) is 0 Å². The maximum atomic E-state index is 11.3. The summed E-state index contributed by atoms with van der Waals surface area (Å²) >= 11 is 0. The molecular weight excluding hydrogens is 206 g/mol. The van der Waals surface area contributed by atoms with E-state index in [9.17, 15) is 4.79 Å². The highest BCUT2D eigenvalue weighted by Crippen LogP contribution is 2.20. The van der Waals surface area contributed by atoms with E-state index in [0.29, 0.717) is 24.6 Å². The van der Waals surface area contributed by atoms with Crippen LogP contribution in [0.25, 0.3) is 0 Å². The molecule has 2 heterocycles. The largest absolute Gasteiger partial charge is 0.377 e. The summed E-state index contributed by atoms with van der Waals surface area (Å²) in [5.41, 5.74) is 5.80. The molecule has 0 saturated carbocycles. The molecule has 2 N–H and O–H groups in total. The normalized spacial score (nSPS) is 20.8. The van der Waals surface area contributed by atoms with Crippen molar-refractivity contribution in [3.63, 3.8) is 0 Å². The molecule has 0 spiro atoms. The zero-order valence-electron chi connectivity index (χ0n) is 9.22. The van der Waals surface area contributed by atoms with Crippen LogP contribution < -0.4 is 10.6 Å². The molecule has 1 unspecified atom stereocenters. The Hall–Kier alpha value is -1.62. The van der Waals surface area contributed by atoms with Crippen LogP contribution in [0.5, 0.6) is 0 Å². The zero-order chi connectivity index (χ0) is 11.5. The van der Waals surface area contributed by atoms with Crippen LogP contribution in [0.2, 0.25) is 0 Å². The van der Waals surface area contributed by atoms with Gasteiger partial charge in [-0.1, -0.05) is 0 Å². The van der Waals surface area contributed by atoms with Crippen molar-refractivity contribution >= 4 is 11.7 Å². The Morgan fingerprint density at radius 2 is 2.50 bits per heavy atom. The summed E-state index contributed by atoms with van der Waals surface area (Å²) in [5, 5.41) is 0. The van der Waals surface area contributed by atoms with Crippen molar-refractivity contribution < 1.29 is 9.53 Å². The van der Waals surface area contributed by atoms with Crippen molar-refractivity contribution in [3.05, 3.63) is 23.9 Å². The first-order valence-corrected chi connectivity index (χ1v) is 5.29. The average Bonchev–Trinajstić information content (AvgIpc) is 2.29. The molecule has 5 heteroatoms. The van der Waals surface area contributed by atoms with Crippen LogP contribution in [0, 0.1) is 0 Å². The highest BCUT2D eigenvalue weighted by Gasteiger charge is 2.23. The lowest BCUT2D eigenvalue weighted by Gasteiger charge is -2.34. The number of primary amides is 1. The lowest BCUT2D eigenvalue weighted by Crippen LogP contribution is -2.45. The number of amides is 1. The number of pyridine rings is 1. The molecule has 0 aliphatic carbocycles. The van der Waals surface area contributed by atoms with Crippen LogP contribution in [0.3, 0.4) is 0 Å². The van der Waals surface area contributed by atoms with Gasteiger partial charge in [0.25, 0.3) is 5.91 Å². The average molecular weight is 221 g/mol. The van der Waals surface area contributed by atoms with Gasteiger partial charge in [-0.3, -0.25) is 4.79 Å². The molecule has 86 valence electrons. The minimum absolute atomic E-state index is 0.210. The molecule has 1 fully saturated rings. The number of carbonyl (C=O) groups is 1. The van der Waals surface area contributed by atoms with Crippen LogP contribution in [0.1, 0.15) is 17.3 Å². The molecule has 5 nitrogen and oxygen atoms in total. The van der Waals surface area contributed by atoms with Crippen LogP contribution in [-0.2, 0) is 4.74 Å². The second-order valence-corrected chi connectivity index (χ2v) is 3.86. The van der Waals surface area contributed by atoms with Gasteiger partial charge < -0.3 is 15.4 Å². The van der Waals surface area contributed by atoms with Gasteiger partial charge in [-0.2, -0.15) is 0 Å². The van der Waals surface area contributed by atoms with E-state index < -0.39 is 5.91 Å². The fourth-order valence-corrected chi connectivity index (χ4v) is 1.86. The number of ether oxygens (including phenoxy) is 1. The fraction of sp³-hybridized carbons (Fsp3) is 0.455. The van der Waals surface area contributed by atoms with E-state index in [0.717, 1.165) is 6.54 Å². The smallest absolute Gasteiger partial charge is 0.252 e. The van der Waals surface area contributed by atoms with E-state index in [2.05, 4.69) is 9.88 Å². The van der Waals surface area contributed by atoms with Crippen molar-refractivity contribution in [2.24, 2.45) is 5.73 Å². The molecule has 0 aromatic carbocycles. The number of aromatic nitrogens is 1. The third-order valence-corrected chi connectivity index (χ3v) is 2.69. The minimum Gasteiger partial charge on any atom is -0.377 e. The van der Waals surface area contributed by atoms with Crippen molar-refractivity contribution in [1.29, 1.82) is 0 Å². The molecule has 16 heavy (non-hydrogen) atoms. The molecule has 1 amide bonds. The highest BCUT2D eigenvalue weighted by atomic mass is 16.5. The molecule has 1 aromatic rings. The number of rotatable bonds is 2. The summed E-state index contributed by atoms with van der Waals surface area (Å²) < 4.78 is 5.35. The van der Waals surface area contributed by atoms with Crippen LogP contribution in [0.15, 0.2) is 18.3 Å². The van der Waals surface area contributed by atoms with Crippen molar-refractivity contribution in [2.75, 3.05) is 24.7 Å². The molecular formula is C11H15N3O2. The quantitative estimate of drug-likeness (QED) is 0.785. The third-order valence-electron chi connectivity index (χ3n) is 2.69. The summed E-state index contributed by atoms with van der Waals surface area (Å²) in [4.78, 5) is 17.6. The highest BCUT2D eigenvalue weighted by molar-refractivity contribution is 5.97. The lowest BCUT2D eigenvalue weighted by molar-refractivity contribution is 0.0965. The maximum absolute atomic E-state index is 11.3. The number of morpholine rings is 1. The lowest BCUT2D eigenvalue weighted by atomic mass is 10.2. The first-order chi connectivity index (χ1) is 7.70. The van der Waals surface area contributed by atoms with Gasteiger partial charge in [0.15, 0.2) is 0 Å². The first kappa shape index (κ1) is 10.9. The summed E-state index contributed by atoms with van der Waals surface area (Å²) in [7, 11) is 0. The van der Waals surface area contributed by atoms with E-state index in [1.54, 1.807) is 18.3 Å². The Balaban J connectivity index is 2.34. The number of anilines is 1. The summed E-state index contributed by atoms with van der Waals surface area (Å²) in [5.74, 6) is 0.215. The number of hydrogen-bond acceptors (Lipinski definition) is 4. The van der Waals surface area contributed by atoms with Gasteiger partial charge in [0.05, 0.1) is 24.8 Å². The van der Waals surface area contributed by atoms with Gasteiger partial charge >= 0.3 is 0 Å². The van der Waals surface area contributed by atoms with Gasteiger partial charge in [0.2, 0.25) is 0 Å². The Kier molecular flexibility index (Phi) is 3.05. The standard InChI is InChI=1S/C11H15N3O2/c1-8-7-16-6-5-14(8)11-9(10(12)15)3-2-4-13-11/h2-4,8H,5-7H2,1H3,(H2,12,15). The SMILES string of the molecule is CC1COCCN1c1ncccc1C(N)=O. The zero-order valence-corrected chi connectivity index (χ0v) is 9.22. The van der Waals surface area contributed by atoms with Crippen molar-refractivity contribution in [1.82, 2.24) is 4.98 Å². The third kappa shape index (κ3) is 1.99. The molecule has 1 saturated heterocycles. The van der Waals surface area contributed by atoms with Crippen molar-refractivity contribution in [3.8, 4) is 0 Å².